The molecule has 3 rings (SSSR count). The Morgan fingerprint density at radius 1 is 1.14 bits per heavy atom. The Labute approximate surface area is 126 Å². The maximum atomic E-state index is 5.68. The summed E-state index contributed by atoms with van der Waals surface area (Å²) in [5.41, 5.74) is 7.96. The van der Waals surface area contributed by atoms with Crippen molar-refractivity contribution in [2.45, 2.75) is 26.2 Å². The predicted octanol–water partition coefficient (Wildman–Crippen LogP) is 3.13. The maximum Gasteiger partial charge on any atom is 0.271 e. The third-order valence-electron chi connectivity index (χ3n) is 2.99. The topological polar surface area (TPSA) is 90.7 Å². The van der Waals surface area contributed by atoms with E-state index in [1.165, 1.54) is 11.5 Å². The largest absolute Gasteiger partial charge is 0.399 e. The van der Waals surface area contributed by atoms with E-state index in [2.05, 4.69) is 40.5 Å². The van der Waals surface area contributed by atoms with E-state index < -0.39 is 0 Å². The molecule has 1 aromatic carbocycles. The van der Waals surface area contributed by atoms with Gasteiger partial charge in [0, 0.05) is 16.7 Å². The summed E-state index contributed by atoms with van der Waals surface area (Å²) < 4.78 is 9.37. The lowest BCUT2D eigenvalue weighted by atomic mass is 9.91. The zero-order chi connectivity index (χ0) is 15.0. The first-order valence-corrected chi connectivity index (χ1v) is 7.25. The third-order valence-corrected chi connectivity index (χ3v) is 3.70. The summed E-state index contributed by atoms with van der Waals surface area (Å²) in [6.07, 6.45) is 0. The summed E-state index contributed by atoms with van der Waals surface area (Å²) in [7, 11) is 0. The van der Waals surface area contributed by atoms with Gasteiger partial charge in [-0.15, -0.1) is 5.10 Å². The van der Waals surface area contributed by atoms with Gasteiger partial charge < -0.3 is 10.3 Å². The highest BCUT2D eigenvalue weighted by Crippen LogP contribution is 2.33. The molecule has 7 heteroatoms. The zero-order valence-electron chi connectivity index (χ0n) is 12.0. The van der Waals surface area contributed by atoms with Crippen molar-refractivity contribution in [1.82, 2.24) is 19.7 Å². The molecule has 0 aliphatic rings. The summed E-state index contributed by atoms with van der Waals surface area (Å²) >= 11 is 1.26. The molecule has 0 aliphatic heterocycles. The second-order valence-electron chi connectivity index (χ2n) is 5.75. The Kier molecular flexibility index (Phi) is 3.21. The van der Waals surface area contributed by atoms with Crippen LogP contribution in [-0.4, -0.2) is 19.7 Å². The number of nitrogen functional groups attached to an aromatic ring is 1. The standard InChI is InChI=1S/C14H15N5OS/c1-14(2,3)11-10(21-19-17-11)13-16-12(18-20-13)8-4-6-9(15)7-5-8/h4-7H,15H2,1-3H3. The molecule has 0 unspecified atom stereocenters. The molecule has 6 nitrogen and oxygen atoms in total. The van der Waals surface area contributed by atoms with Crippen molar-refractivity contribution in [2.75, 3.05) is 5.73 Å². The second-order valence-corrected chi connectivity index (χ2v) is 6.50. The fraction of sp³-hybridized carbons (Fsp3) is 0.286. The highest BCUT2D eigenvalue weighted by molar-refractivity contribution is 7.09. The average Bonchev–Trinajstić information content (AvgIpc) is 3.07. The highest BCUT2D eigenvalue weighted by Gasteiger charge is 2.26. The molecule has 2 heterocycles. The van der Waals surface area contributed by atoms with Crippen molar-refractivity contribution in [1.29, 1.82) is 0 Å². The Balaban J connectivity index is 1.99. The van der Waals surface area contributed by atoms with E-state index in [9.17, 15) is 0 Å². The molecular weight excluding hydrogens is 286 g/mol. The van der Waals surface area contributed by atoms with Crippen LogP contribution in [0, 0.1) is 0 Å². The fourth-order valence-corrected chi connectivity index (χ4v) is 2.69. The van der Waals surface area contributed by atoms with E-state index in [1.807, 2.05) is 12.1 Å². The number of rotatable bonds is 2. The third kappa shape index (κ3) is 2.64. The Morgan fingerprint density at radius 2 is 1.86 bits per heavy atom. The van der Waals surface area contributed by atoms with Gasteiger partial charge in [-0.3, -0.25) is 0 Å². The van der Waals surface area contributed by atoms with Crippen molar-refractivity contribution in [3.63, 3.8) is 0 Å². The molecule has 0 atom stereocenters. The van der Waals surface area contributed by atoms with E-state index in [0.29, 0.717) is 17.4 Å². The van der Waals surface area contributed by atoms with Crippen LogP contribution < -0.4 is 5.73 Å². The molecule has 0 aliphatic carbocycles. The van der Waals surface area contributed by atoms with Crippen LogP contribution in [0.2, 0.25) is 0 Å². The predicted molar refractivity (Wildman–Crippen MR) is 81.7 cm³/mol. The van der Waals surface area contributed by atoms with Crippen LogP contribution in [0.4, 0.5) is 5.69 Å². The second kappa shape index (κ2) is 4.92. The fourth-order valence-electron chi connectivity index (χ4n) is 1.89. The SMILES string of the molecule is CC(C)(C)c1nnsc1-c1nc(-c2ccc(N)cc2)no1. The lowest BCUT2D eigenvalue weighted by Gasteiger charge is -2.14. The first kappa shape index (κ1) is 13.7. The lowest BCUT2D eigenvalue weighted by molar-refractivity contribution is 0.431. The van der Waals surface area contributed by atoms with Crippen LogP contribution >= 0.6 is 11.5 Å². The number of hydrogen-bond acceptors (Lipinski definition) is 7. The maximum absolute atomic E-state index is 5.68. The molecule has 21 heavy (non-hydrogen) atoms. The van der Waals surface area contributed by atoms with Gasteiger partial charge in [-0.1, -0.05) is 30.4 Å². The highest BCUT2D eigenvalue weighted by atomic mass is 32.1. The first-order valence-electron chi connectivity index (χ1n) is 6.48. The van der Waals surface area contributed by atoms with Crippen molar-refractivity contribution >= 4 is 17.2 Å². The number of anilines is 1. The summed E-state index contributed by atoms with van der Waals surface area (Å²) in [5, 5.41) is 8.20. The van der Waals surface area contributed by atoms with Crippen LogP contribution in [-0.2, 0) is 5.41 Å². The van der Waals surface area contributed by atoms with Crippen molar-refractivity contribution in [3.8, 4) is 22.2 Å². The number of hydrogen-bond donors (Lipinski definition) is 1. The van der Waals surface area contributed by atoms with E-state index in [0.717, 1.165) is 16.1 Å². The van der Waals surface area contributed by atoms with Gasteiger partial charge in [0.05, 0.1) is 5.69 Å². The minimum absolute atomic E-state index is 0.127. The van der Waals surface area contributed by atoms with E-state index in [-0.39, 0.29) is 5.41 Å². The zero-order valence-corrected chi connectivity index (χ0v) is 12.8. The summed E-state index contributed by atoms with van der Waals surface area (Å²) in [6.45, 7) is 6.22. The summed E-state index contributed by atoms with van der Waals surface area (Å²) in [5.74, 6) is 0.972. The molecule has 0 saturated heterocycles. The van der Waals surface area contributed by atoms with Crippen molar-refractivity contribution in [2.24, 2.45) is 0 Å². The number of aromatic nitrogens is 4. The number of nitrogens with zero attached hydrogens (tertiary/aromatic N) is 4. The van der Waals surface area contributed by atoms with Gasteiger partial charge in [-0.05, 0) is 35.8 Å². The molecule has 0 bridgehead atoms. The molecule has 0 amide bonds. The van der Waals surface area contributed by atoms with Gasteiger partial charge in [-0.2, -0.15) is 4.98 Å². The Hall–Kier alpha value is -2.28. The van der Waals surface area contributed by atoms with Gasteiger partial charge in [-0.25, -0.2) is 0 Å². The quantitative estimate of drug-likeness (QED) is 0.731. The molecule has 0 radical (unpaired) electrons. The molecular formula is C14H15N5OS. The number of nitrogens with two attached hydrogens (primary N) is 1. The van der Waals surface area contributed by atoms with Gasteiger partial charge >= 0.3 is 0 Å². The van der Waals surface area contributed by atoms with Gasteiger partial charge in [0.1, 0.15) is 4.88 Å². The first-order chi connectivity index (χ1) is 9.95. The molecule has 0 saturated carbocycles. The van der Waals surface area contributed by atoms with E-state index >= 15 is 0 Å². The van der Waals surface area contributed by atoms with Gasteiger partial charge in [0.15, 0.2) is 0 Å². The monoisotopic (exact) mass is 301 g/mol. The van der Waals surface area contributed by atoms with Gasteiger partial charge in [0.25, 0.3) is 5.89 Å². The number of benzene rings is 1. The molecule has 108 valence electrons. The molecule has 0 spiro atoms. The van der Waals surface area contributed by atoms with Crippen molar-refractivity contribution < 1.29 is 4.52 Å². The molecule has 3 aromatic rings. The normalized spacial score (nSPS) is 11.8. The van der Waals surface area contributed by atoms with Crippen molar-refractivity contribution in [3.05, 3.63) is 30.0 Å². The lowest BCUT2D eigenvalue weighted by Crippen LogP contribution is -2.13. The van der Waals surface area contributed by atoms with E-state index in [4.69, 9.17) is 10.3 Å². The molecule has 0 fully saturated rings. The van der Waals surface area contributed by atoms with Crippen LogP contribution in [0.15, 0.2) is 28.8 Å². The van der Waals surface area contributed by atoms with Crippen LogP contribution in [0.3, 0.4) is 0 Å². The van der Waals surface area contributed by atoms with Crippen LogP contribution in [0.1, 0.15) is 26.5 Å². The minimum atomic E-state index is -0.127. The van der Waals surface area contributed by atoms with E-state index in [1.54, 1.807) is 12.1 Å². The minimum Gasteiger partial charge on any atom is -0.399 e. The molecule has 2 N–H and O–H groups in total. The summed E-state index contributed by atoms with van der Waals surface area (Å²) in [6, 6.07) is 7.33. The molecule has 2 aromatic heterocycles. The average molecular weight is 301 g/mol. The Bertz CT molecular complexity index is 754. The van der Waals surface area contributed by atoms with Crippen LogP contribution in [0.25, 0.3) is 22.2 Å². The van der Waals surface area contributed by atoms with Gasteiger partial charge in [0.2, 0.25) is 5.82 Å². The smallest absolute Gasteiger partial charge is 0.271 e. The summed E-state index contributed by atoms with van der Waals surface area (Å²) in [4.78, 5) is 5.26. The Morgan fingerprint density at radius 3 is 2.52 bits per heavy atom. The van der Waals surface area contributed by atoms with Crippen LogP contribution in [0.5, 0.6) is 0 Å².